The van der Waals surface area contributed by atoms with Crippen LogP contribution in [0.2, 0.25) is 0 Å². The minimum Gasteiger partial charge on any atom is -0.462 e. The van der Waals surface area contributed by atoms with Crippen molar-refractivity contribution in [3.8, 4) is 0 Å². The van der Waals surface area contributed by atoms with Crippen molar-refractivity contribution in [3.63, 3.8) is 0 Å². The van der Waals surface area contributed by atoms with E-state index in [-0.39, 0.29) is 19.4 Å². The van der Waals surface area contributed by atoms with Crippen LogP contribution < -0.4 is 0 Å². The van der Waals surface area contributed by atoms with E-state index in [1.165, 1.54) is 148 Å². The highest BCUT2D eigenvalue weighted by molar-refractivity contribution is 7.85. The fraction of sp³-hybridized carbons (Fsp3) is 0.887. The van der Waals surface area contributed by atoms with Crippen molar-refractivity contribution in [2.45, 2.75) is 282 Å². The number of aliphatic hydroxyl groups is 3. The van der Waals surface area contributed by atoms with Gasteiger partial charge < -0.3 is 34.3 Å². The molecule has 1 aliphatic heterocycles. The smallest absolute Gasteiger partial charge is 0.306 e. The predicted molar refractivity (Wildman–Crippen MR) is 266 cm³/mol. The summed E-state index contributed by atoms with van der Waals surface area (Å²) in [6.07, 6.45) is 40.9. The van der Waals surface area contributed by atoms with E-state index in [1.807, 2.05) is 0 Å². The molecule has 4 N–H and O–H groups in total. The van der Waals surface area contributed by atoms with Crippen LogP contribution in [-0.2, 0) is 38.7 Å². The first-order valence-electron chi connectivity index (χ1n) is 26.9. The van der Waals surface area contributed by atoms with Crippen LogP contribution in [0.3, 0.4) is 0 Å². The van der Waals surface area contributed by atoms with Gasteiger partial charge in [0.15, 0.2) is 12.4 Å². The van der Waals surface area contributed by atoms with Crippen molar-refractivity contribution < 1.29 is 56.8 Å². The van der Waals surface area contributed by atoms with Crippen molar-refractivity contribution in [2.75, 3.05) is 19.0 Å². The topological polar surface area (TPSA) is 186 Å². The van der Waals surface area contributed by atoms with E-state index in [2.05, 4.69) is 38.2 Å². The summed E-state index contributed by atoms with van der Waals surface area (Å²) in [6.45, 7) is 3.77. The molecule has 0 amide bonds. The summed E-state index contributed by atoms with van der Waals surface area (Å²) in [6, 6.07) is 0. The molecular formula is C53H98O12S. The van der Waals surface area contributed by atoms with Gasteiger partial charge in [-0.25, -0.2) is 0 Å². The standard InChI is InChI=1S/C53H98O12S/c1-3-5-7-9-11-13-15-17-19-20-21-22-23-24-25-26-28-30-32-34-36-38-40-42-49(55)64-46(44-63-53-52(58)51(57)50(56)47(65-53)45-66(59,60)61)43-62-48(54)41-39-37-35-33-31-29-27-18-16-14-12-10-8-6-4-2/h18,27,34,36,46-47,50-53,56-58H,3-17,19-26,28-33,35,37-45H2,1-2H3,(H,59,60,61)/b27-18+,36-34+/t46-,47-,50-,51?,52?,53+/m1/s1. The number of rotatable bonds is 46. The van der Waals surface area contributed by atoms with Gasteiger partial charge in [0.25, 0.3) is 10.1 Å². The molecule has 0 aromatic heterocycles. The minimum atomic E-state index is -4.61. The first-order valence-corrected chi connectivity index (χ1v) is 28.5. The molecular weight excluding hydrogens is 861 g/mol. The summed E-state index contributed by atoms with van der Waals surface area (Å²) >= 11 is 0. The summed E-state index contributed by atoms with van der Waals surface area (Å²) in [5, 5.41) is 31.0. The summed E-state index contributed by atoms with van der Waals surface area (Å²) in [4.78, 5) is 25.5. The summed E-state index contributed by atoms with van der Waals surface area (Å²) in [5.74, 6) is -2.02. The van der Waals surface area contributed by atoms with Crippen molar-refractivity contribution in [1.29, 1.82) is 0 Å². The van der Waals surface area contributed by atoms with E-state index < -0.39 is 71.2 Å². The first kappa shape index (κ1) is 62.1. The fourth-order valence-electron chi connectivity index (χ4n) is 8.32. The quantitative estimate of drug-likeness (QED) is 0.0196. The van der Waals surface area contributed by atoms with E-state index in [9.17, 15) is 37.9 Å². The Morgan fingerprint density at radius 1 is 0.500 bits per heavy atom. The largest absolute Gasteiger partial charge is 0.462 e. The monoisotopic (exact) mass is 959 g/mol. The molecule has 0 spiro atoms. The van der Waals surface area contributed by atoms with Gasteiger partial charge in [-0.05, 0) is 57.8 Å². The molecule has 0 aromatic carbocycles. The lowest BCUT2D eigenvalue weighted by atomic mass is 10.00. The SMILES string of the molecule is CCCCCCCC/C=C/CCCCCCCC(=O)OC[C@H](CO[C@H]1O[C@H](CS(=O)(=O)O)[C@@H](O)C(O)C1O)OC(=O)CCC/C=C/CCCCCCCCCCCCCCCCCCCC. The lowest BCUT2D eigenvalue weighted by molar-refractivity contribution is -0.297. The molecule has 12 nitrogen and oxygen atoms in total. The zero-order chi connectivity index (χ0) is 48.4. The molecule has 0 saturated carbocycles. The van der Waals surface area contributed by atoms with Crippen LogP contribution in [0.5, 0.6) is 0 Å². The third-order valence-electron chi connectivity index (χ3n) is 12.5. The number of carbonyl (C=O) groups excluding carboxylic acids is 2. The Hall–Kier alpha value is -1.87. The number of hydrogen-bond donors (Lipinski definition) is 4. The highest BCUT2D eigenvalue weighted by Crippen LogP contribution is 2.24. The van der Waals surface area contributed by atoms with Gasteiger partial charge in [0, 0.05) is 12.8 Å². The van der Waals surface area contributed by atoms with Gasteiger partial charge in [-0.1, -0.05) is 199 Å². The van der Waals surface area contributed by atoms with E-state index in [0.29, 0.717) is 19.3 Å². The van der Waals surface area contributed by atoms with Gasteiger partial charge in [-0.2, -0.15) is 8.42 Å². The van der Waals surface area contributed by atoms with Crippen LogP contribution in [0.1, 0.15) is 245 Å². The number of carbonyl (C=O) groups is 2. The molecule has 6 atom stereocenters. The van der Waals surface area contributed by atoms with E-state index in [0.717, 1.165) is 51.4 Å². The highest BCUT2D eigenvalue weighted by atomic mass is 32.2. The van der Waals surface area contributed by atoms with Crippen molar-refractivity contribution in [2.24, 2.45) is 0 Å². The average Bonchev–Trinajstić information content (AvgIpc) is 3.28. The Balaban J connectivity index is 2.35. The fourth-order valence-corrected chi connectivity index (χ4v) is 9.02. The lowest BCUT2D eigenvalue weighted by Gasteiger charge is -2.40. The van der Waals surface area contributed by atoms with Crippen LogP contribution in [0.15, 0.2) is 24.3 Å². The molecule has 0 bridgehead atoms. The van der Waals surface area contributed by atoms with Gasteiger partial charge in [-0.3, -0.25) is 14.1 Å². The van der Waals surface area contributed by atoms with Crippen molar-refractivity contribution in [1.82, 2.24) is 0 Å². The predicted octanol–water partition coefficient (Wildman–Crippen LogP) is 12.3. The summed E-state index contributed by atoms with van der Waals surface area (Å²) in [5.41, 5.74) is 0. The molecule has 0 radical (unpaired) electrons. The molecule has 0 aromatic rings. The molecule has 0 aliphatic carbocycles. The van der Waals surface area contributed by atoms with Gasteiger partial charge in [0.05, 0.1) is 6.61 Å². The van der Waals surface area contributed by atoms with Crippen LogP contribution in [0.25, 0.3) is 0 Å². The molecule has 2 unspecified atom stereocenters. The first-order chi connectivity index (χ1) is 32.0. The van der Waals surface area contributed by atoms with Crippen LogP contribution in [0.4, 0.5) is 0 Å². The van der Waals surface area contributed by atoms with Gasteiger partial charge in [-0.15, -0.1) is 0 Å². The Kier molecular flexibility index (Phi) is 40.7. The second kappa shape index (κ2) is 43.2. The molecule has 13 heteroatoms. The minimum absolute atomic E-state index is 0.118. The Morgan fingerprint density at radius 2 is 0.879 bits per heavy atom. The van der Waals surface area contributed by atoms with Crippen molar-refractivity contribution in [3.05, 3.63) is 24.3 Å². The van der Waals surface area contributed by atoms with Crippen molar-refractivity contribution >= 4 is 22.1 Å². The third kappa shape index (κ3) is 37.1. The number of esters is 2. The Labute approximate surface area is 402 Å². The van der Waals surface area contributed by atoms with Crippen LogP contribution >= 0.6 is 0 Å². The molecule has 1 heterocycles. The maximum absolute atomic E-state index is 12.9. The lowest BCUT2D eigenvalue weighted by Crippen LogP contribution is -2.60. The van der Waals surface area contributed by atoms with E-state index >= 15 is 0 Å². The van der Waals surface area contributed by atoms with E-state index in [4.69, 9.17) is 18.9 Å². The maximum Gasteiger partial charge on any atom is 0.306 e. The molecule has 1 aliphatic rings. The number of hydrogen-bond acceptors (Lipinski definition) is 11. The van der Waals surface area contributed by atoms with Crippen LogP contribution in [-0.4, -0.2) is 96.0 Å². The van der Waals surface area contributed by atoms with Gasteiger partial charge in [0.1, 0.15) is 36.8 Å². The van der Waals surface area contributed by atoms with Gasteiger partial charge in [0.2, 0.25) is 0 Å². The molecule has 1 saturated heterocycles. The maximum atomic E-state index is 12.9. The summed E-state index contributed by atoms with van der Waals surface area (Å²) in [7, 11) is -4.61. The van der Waals surface area contributed by atoms with Crippen LogP contribution in [0, 0.1) is 0 Å². The normalized spacial score (nSPS) is 19.5. The number of allylic oxidation sites excluding steroid dienone is 4. The second-order valence-corrected chi connectivity index (χ2v) is 20.4. The molecule has 1 rings (SSSR count). The molecule has 388 valence electrons. The second-order valence-electron chi connectivity index (χ2n) is 18.9. The summed E-state index contributed by atoms with van der Waals surface area (Å²) < 4.78 is 54.2. The number of aliphatic hydroxyl groups excluding tert-OH is 3. The average molecular weight is 959 g/mol. The Bertz CT molecular complexity index is 1310. The Morgan fingerprint density at radius 3 is 1.30 bits per heavy atom. The number of unbranched alkanes of at least 4 members (excludes halogenated alkanes) is 30. The zero-order valence-electron chi connectivity index (χ0n) is 41.8. The zero-order valence-corrected chi connectivity index (χ0v) is 42.6. The van der Waals surface area contributed by atoms with E-state index in [1.54, 1.807) is 0 Å². The molecule has 66 heavy (non-hydrogen) atoms. The third-order valence-corrected chi connectivity index (χ3v) is 13.3. The number of ether oxygens (including phenoxy) is 4. The molecule has 1 fully saturated rings. The highest BCUT2D eigenvalue weighted by Gasteiger charge is 2.46. The van der Waals surface area contributed by atoms with Gasteiger partial charge >= 0.3 is 11.9 Å².